The van der Waals surface area contributed by atoms with E-state index >= 15 is 0 Å². The smallest absolute Gasteiger partial charge is 0.191 e. The Morgan fingerprint density at radius 3 is 2.41 bits per heavy atom. The summed E-state index contributed by atoms with van der Waals surface area (Å²) in [4.78, 5) is 7.00. The first-order valence-corrected chi connectivity index (χ1v) is 11.0. The fraction of sp³-hybridized carbons (Fsp3) is 0.458. The monoisotopic (exact) mass is 444 g/mol. The number of rotatable bonds is 8. The van der Waals surface area contributed by atoms with Crippen LogP contribution < -0.4 is 20.1 Å². The van der Waals surface area contributed by atoms with E-state index in [1.165, 1.54) is 14.2 Å². The van der Waals surface area contributed by atoms with Gasteiger partial charge in [0.05, 0.1) is 20.8 Å². The lowest BCUT2D eigenvalue weighted by atomic mass is 10.0. The zero-order valence-corrected chi connectivity index (χ0v) is 19.0. The molecule has 2 aromatic carbocycles. The van der Waals surface area contributed by atoms with Crippen LogP contribution in [0.2, 0.25) is 0 Å². The number of likely N-dealkylation sites (tertiary alicyclic amines) is 1. The van der Waals surface area contributed by atoms with Crippen molar-refractivity contribution < 1.29 is 19.0 Å². The number of hydrogen-bond acceptors (Lipinski definition) is 5. The number of hydrogen-bond donors (Lipinski definition) is 3. The summed E-state index contributed by atoms with van der Waals surface area (Å²) in [6.07, 6.45) is 1.96. The van der Waals surface area contributed by atoms with Crippen molar-refractivity contribution in [3.05, 3.63) is 53.3 Å². The topological polar surface area (TPSA) is 78.4 Å². The van der Waals surface area contributed by atoms with Crippen LogP contribution >= 0.6 is 0 Å². The van der Waals surface area contributed by atoms with Crippen LogP contribution in [0.3, 0.4) is 0 Å². The van der Waals surface area contributed by atoms with Crippen LogP contribution in [0.15, 0.2) is 41.4 Å². The van der Waals surface area contributed by atoms with Gasteiger partial charge in [-0.1, -0.05) is 12.1 Å². The molecule has 174 valence electrons. The van der Waals surface area contributed by atoms with Crippen LogP contribution in [0.4, 0.5) is 4.39 Å². The van der Waals surface area contributed by atoms with Crippen LogP contribution in [0.5, 0.6) is 17.2 Å². The third-order valence-electron chi connectivity index (χ3n) is 5.56. The van der Waals surface area contributed by atoms with E-state index in [1.807, 2.05) is 19.1 Å². The number of ether oxygens (including phenoxy) is 2. The summed E-state index contributed by atoms with van der Waals surface area (Å²) in [5.74, 6) is 1.28. The van der Waals surface area contributed by atoms with Gasteiger partial charge >= 0.3 is 0 Å². The Morgan fingerprint density at radius 1 is 1.09 bits per heavy atom. The summed E-state index contributed by atoms with van der Waals surface area (Å²) < 4.78 is 24.0. The molecule has 0 bridgehead atoms. The molecule has 3 rings (SSSR count). The Bertz CT molecular complexity index is 914. The predicted molar refractivity (Wildman–Crippen MR) is 124 cm³/mol. The van der Waals surface area contributed by atoms with Gasteiger partial charge in [-0.05, 0) is 55.2 Å². The van der Waals surface area contributed by atoms with E-state index in [9.17, 15) is 9.50 Å². The van der Waals surface area contributed by atoms with Gasteiger partial charge in [0.25, 0.3) is 0 Å². The van der Waals surface area contributed by atoms with Crippen LogP contribution in [-0.2, 0) is 13.1 Å². The van der Waals surface area contributed by atoms with Gasteiger partial charge in [-0.3, -0.25) is 4.90 Å². The highest BCUT2D eigenvalue weighted by atomic mass is 19.1. The Kier molecular flexibility index (Phi) is 8.56. The van der Waals surface area contributed by atoms with Crippen LogP contribution in [0.25, 0.3) is 0 Å². The molecule has 32 heavy (non-hydrogen) atoms. The Labute approximate surface area is 189 Å². The number of nitrogens with zero attached hydrogens (tertiary/aromatic N) is 2. The lowest BCUT2D eigenvalue weighted by molar-refractivity contribution is 0.198. The van der Waals surface area contributed by atoms with Gasteiger partial charge in [0.15, 0.2) is 29.0 Å². The normalized spacial score (nSPS) is 15.4. The lowest BCUT2D eigenvalue weighted by Crippen LogP contribution is -2.48. The second-order valence-corrected chi connectivity index (χ2v) is 7.87. The SMILES string of the molecule is CCNC(=NCc1ccc(OC)c(O)c1)NC1CCN(Cc2ccc(OC)c(F)c2)CC1. The van der Waals surface area contributed by atoms with Crippen molar-refractivity contribution >= 4 is 5.96 Å². The molecule has 0 saturated carbocycles. The van der Waals surface area contributed by atoms with Crippen LogP contribution in [0.1, 0.15) is 30.9 Å². The molecule has 2 aromatic rings. The zero-order chi connectivity index (χ0) is 22.9. The molecule has 0 atom stereocenters. The summed E-state index contributed by atoms with van der Waals surface area (Å²) in [5, 5.41) is 16.8. The maximum atomic E-state index is 13.9. The van der Waals surface area contributed by atoms with E-state index < -0.39 is 0 Å². The van der Waals surface area contributed by atoms with Crippen molar-refractivity contribution in [1.29, 1.82) is 0 Å². The van der Waals surface area contributed by atoms with Gasteiger partial charge in [0, 0.05) is 32.2 Å². The third-order valence-corrected chi connectivity index (χ3v) is 5.56. The molecule has 1 fully saturated rings. The van der Waals surface area contributed by atoms with Crippen molar-refractivity contribution in [3.8, 4) is 17.2 Å². The number of phenolic OH excluding ortho intramolecular Hbond substituents is 1. The summed E-state index contributed by atoms with van der Waals surface area (Å²) in [6, 6.07) is 10.8. The van der Waals surface area contributed by atoms with E-state index in [1.54, 1.807) is 24.3 Å². The number of aromatic hydroxyl groups is 1. The van der Waals surface area contributed by atoms with E-state index in [0.29, 0.717) is 18.3 Å². The summed E-state index contributed by atoms with van der Waals surface area (Å²) >= 11 is 0. The number of benzene rings is 2. The second kappa shape index (κ2) is 11.6. The number of guanidine groups is 1. The number of aliphatic imine (C=N–C) groups is 1. The summed E-state index contributed by atoms with van der Waals surface area (Å²) in [7, 11) is 3.00. The quantitative estimate of drug-likeness (QED) is 0.429. The summed E-state index contributed by atoms with van der Waals surface area (Å²) in [5.41, 5.74) is 1.86. The zero-order valence-electron chi connectivity index (χ0n) is 19.0. The molecule has 1 heterocycles. The lowest BCUT2D eigenvalue weighted by Gasteiger charge is -2.33. The first kappa shape index (κ1) is 23.7. The number of methoxy groups -OCH3 is 2. The van der Waals surface area contributed by atoms with Gasteiger partial charge in [-0.15, -0.1) is 0 Å². The van der Waals surface area contributed by atoms with E-state index in [0.717, 1.165) is 56.1 Å². The molecular formula is C24H33FN4O3. The highest BCUT2D eigenvalue weighted by molar-refractivity contribution is 5.80. The highest BCUT2D eigenvalue weighted by Gasteiger charge is 2.20. The average Bonchev–Trinajstić information content (AvgIpc) is 2.79. The predicted octanol–water partition coefficient (Wildman–Crippen LogP) is 3.27. The van der Waals surface area contributed by atoms with E-state index in [-0.39, 0.29) is 17.3 Å². The molecule has 8 heteroatoms. The molecule has 1 aliphatic rings. The molecular weight excluding hydrogens is 411 g/mol. The first-order chi connectivity index (χ1) is 15.5. The Hall–Kier alpha value is -3.00. The van der Waals surface area contributed by atoms with E-state index in [2.05, 4.69) is 20.5 Å². The maximum absolute atomic E-state index is 13.9. The highest BCUT2D eigenvalue weighted by Crippen LogP contribution is 2.26. The number of phenols is 1. The molecule has 0 spiro atoms. The summed E-state index contributed by atoms with van der Waals surface area (Å²) in [6.45, 7) is 5.83. The molecule has 0 unspecified atom stereocenters. The van der Waals surface area contributed by atoms with Crippen molar-refractivity contribution in [3.63, 3.8) is 0 Å². The molecule has 7 nitrogen and oxygen atoms in total. The molecule has 1 aliphatic heterocycles. The van der Waals surface area contributed by atoms with Gasteiger partial charge in [-0.25, -0.2) is 9.38 Å². The fourth-order valence-electron chi connectivity index (χ4n) is 3.82. The number of piperidine rings is 1. The minimum absolute atomic E-state index is 0.113. The molecule has 0 amide bonds. The first-order valence-electron chi connectivity index (χ1n) is 11.0. The van der Waals surface area contributed by atoms with E-state index in [4.69, 9.17) is 9.47 Å². The third kappa shape index (κ3) is 6.50. The number of halogens is 1. The minimum Gasteiger partial charge on any atom is -0.504 e. The van der Waals surface area contributed by atoms with Crippen molar-refractivity contribution in [2.24, 2.45) is 4.99 Å². The standard InChI is InChI=1S/C24H33FN4O3/c1-4-26-24(27-15-17-5-8-23(32-3)21(30)14-17)28-19-9-11-29(12-10-19)16-18-6-7-22(31-2)20(25)13-18/h5-8,13-14,19,30H,4,9-12,15-16H2,1-3H3,(H2,26,27,28). The van der Waals surface area contributed by atoms with Crippen molar-refractivity contribution in [1.82, 2.24) is 15.5 Å². The second-order valence-electron chi connectivity index (χ2n) is 7.87. The molecule has 1 saturated heterocycles. The largest absolute Gasteiger partial charge is 0.504 e. The molecule has 3 N–H and O–H groups in total. The van der Waals surface area contributed by atoms with Crippen LogP contribution in [0, 0.1) is 5.82 Å². The van der Waals surface area contributed by atoms with Gasteiger partial charge in [0.2, 0.25) is 0 Å². The fourth-order valence-corrected chi connectivity index (χ4v) is 3.82. The average molecular weight is 445 g/mol. The Morgan fingerprint density at radius 2 is 1.78 bits per heavy atom. The molecule has 0 radical (unpaired) electrons. The Balaban J connectivity index is 1.51. The minimum atomic E-state index is -0.321. The van der Waals surface area contributed by atoms with Gasteiger partial charge < -0.3 is 25.2 Å². The molecule has 0 aliphatic carbocycles. The van der Waals surface area contributed by atoms with Gasteiger partial charge in [0.1, 0.15) is 0 Å². The van der Waals surface area contributed by atoms with Crippen molar-refractivity contribution in [2.75, 3.05) is 33.9 Å². The van der Waals surface area contributed by atoms with Gasteiger partial charge in [-0.2, -0.15) is 0 Å². The van der Waals surface area contributed by atoms with Crippen molar-refractivity contribution in [2.45, 2.75) is 38.9 Å². The molecule has 0 aromatic heterocycles. The maximum Gasteiger partial charge on any atom is 0.191 e. The number of nitrogens with one attached hydrogen (secondary N) is 2. The van der Waals surface area contributed by atoms with Crippen LogP contribution in [-0.4, -0.2) is 55.9 Å².